The molecule has 0 aliphatic heterocycles. The van der Waals surface area contributed by atoms with Crippen molar-refractivity contribution < 1.29 is 9.59 Å². The van der Waals surface area contributed by atoms with E-state index in [9.17, 15) is 9.59 Å². The van der Waals surface area contributed by atoms with Gasteiger partial charge in [-0.1, -0.05) is 24.8 Å². The second kappa shape index (κ2) is 7.48. The fourth-order valence-electron chi connectivity index (χ4n) is 2.16. The Kier molecular flexibility index (Phi) is 5.97. The van der Waals surface area contributed by atoms with Crippen LogP contribution in [-0.2, 0) is 16.0 Å². The van der Waals surface area contributed by atoms with Gasteiger partial charge >= 0.3 is 0 Å². The number of carbonyl (C=O) groups is 2. The zero-order valence-electron chi connectivity index (χ0n) is 12.1. The van der Waals surface area contributed by atoms with E-state index >= 15 is 0 Å². The van der Waals surface area contributed by atoms with Crippen LogP contribution < -0.4 is 10.6 Å². The van der Waals surface area contributed by atoms with Gasteiger partial charge in [-0.3, -0.25) is 9.59 Å². The monoisotopic (exact) mass is 274 g/mol. The van der Waals surface area contributed by atoms with Crippen molar-refractivity contribution in [3.63, 3.8) is 0 Å². The lowest BCUT2D eigenvalue weighted by atomic mass is 9.90. The highest BCUT2D eigenvalue weighted by Gasteiger charge is 2.18. The van der Waals surface area contributed by atoms with E-state index in [0.717, 1.165) is 11.3 Å². The molecule has 1 rings (SSSR count). The van der Waals surface area contributed by atoms with Crippen LogP contribution in [0.5, 0.6) is 0 Å². The largest absolute Gasteiger partial charge is 0.370 e. The molecule has 1 amide bonds. The molecule has 1 aromatic carbocycles. The maximum Gasteiger partial charge on any atom is 0.217 e. The van der Waals surface area contributed by atoms with Crippen LogP contribution in [0, 0.1) is 5.92 Å². The second-order valence-electron chi connectivity index (χ2n) is 4.94. The molecule has 0 saturated carbocycles. The maximum atomic E-state index is 11.7. The second-order valence-corrected chi connectivity index (χ2v) is 4.94. The van der Waals surface area contributed by atoms with Crippen LogP contribution in [-0.4, -0.2) is 18.7 Å². The van der Waals surface area contributed by atoms with Crippen molar-refractivity contribution in [1.82, 2.24) is 0 Å². The summed E-state index contributed by atoms with van der Waals surface area (Å²) in [5.74, 6) is -0.461. The predicted octanol–water partition coefficient (Wildman–Crippen LogP) is 2.28. The molecule has 108 valence electrons. The number of ketones is 1. The topological polar surface area (TPSA) is 63.4 Å². The molecular formula is C16H22N2O2. The fraction of sp³-hybridized carbons (Fsp3) is 0.375. The van der Waals surface area contributed by atoms with Crippen LogP contribution in [0.15, 0.2) is 37.0 Å². The minimum absolute atomic E-state index is 0.0855. The number of rotatable bonds is 8. The number of para-hydroxylation sites is 1. The van der Waals surface area contributed by atoms with Gasteiger partial charge in [0.2, 0.25) is 5.91 Å². The molecule has 0 bridgehead atoms. The number of nitrogens with zero attached hydrogens (tertiary/aromatic N) is 1. The minimum atomic E-state index is -0.368. The number of anilines is 1. The standard InChI is InChI=1S/C16H22N2O2/c1-4-18(3)15-8-6-5-7-14(15)11-13(12(2)19)9-10-16(17)20/h4-8,13H,1,9-11H2,2-3H3,(H2,17,20). The smallest absolute Gasteiger partial charge is 0.217 e. The molecule has 1 aromatic rings. The molecule has 0 heterocycles. The Morgan fingerprint density at radius 3 is 2.60 bits per heavy atom. The van der Waals surface area contributed by atoms with Gasteiger partial charge in [0.25, 0.3) is 0 Å². The number of Topliss-reactive ketones (excluding diaryl/α,β-unsaturated/α-hetero) is 1. The molecule has 0 spiro atoms. The average Bonchev–Trinajstić information content (AvgIpc) is 2.42. The summed E-state index contributed by atoms with van der Waals surface area (Å²) in [6.07, 6.45) is 3.07. The predicted molar refractivity (Wildman–Crippen MR) is 81.3 cm³/mol. The Balaban J connectivity index is 2.90. The Morgan fingerprint density at radius 1 is 1.40 bits per heavy atom. The normalized spacial score (nSPS) is 11.7. The van der Waals surface area contributed by atoms with Crippen molar-refractivity contribution in [2.75, 3.05) is 11.9 Å². The first-order valence-corrected chi connectivity index (χ1v) is 6.67. The molecule has 0 saturated heterocycles. The van der Waals surface area contributed by atoms with Crippen molar-refractivity contribution in [2.45, 2.75) is 26.2 Å². The third kappa shape index (κ3) is 4.53. The van der Waals surface area contributed by atoms with Crippen molar-refractivity contribution in [3.05, 3.63) is 42.6 Å². The van der Waals surface area contributed by atoms with Gasteiger partial charge in [0, 0.05) is 25.1 Å². The fourth-order valence-corrected chi connectivity index (χ4v) is 2.16. The summed E-state index contributed by atoms with van der Waals surface area (Å²) in [4.78, 5) is 24.5. The number of nitrogens with two attached hydrogens (primary N) is 1. The first kappa shape index (κ1) is 16.0. The average molecular weight is 274 g/mol. The molecule has 0 fully saturated rings. The Labute approximate surface area is 120 Å². The van der Waals surface area contributed by atoms with Gasteiger partial charge in [-0.2, -0.15) is 0 Å². The highest BCUT2D eigenvalue weighted by atomic mass is 16.1. The minimum Gasteiger partial charge on any atom is -0.370 e. The lowest BCUT2D eigenvalue weighted by molar-refractivity contribution is -0.121. The van der Waals surface area contributed by atoms with Gasteiger partial charge in [0.05, 0.1) is 0 Å². The molecule has 2 N–H and O–H groups in total. The number of carbonyl (C=O) groups excluding carboxylic acids is 2. The Bertz CT molecular complexity index is 497. The number of hydrogen-bond donors (Lipinski definition) is 1. The summed E-state index contributed by atoms with van der Waals surface area (Å²) < 4.78 is 0. The van der Waals surface area contributed by atoms with Crippen LogP contribution in [0.4, 0.5) is 5.69 Å². The van der Waals surface area contributed by atoms with Crippen LogP contribution in [0.2, 0.25) is 0 Å². The van der Waals surface area contributed by atoms with Crippen LogP contribution >= 0.6 is 0 Å². The van der Waals surface area contributed by atoms with Gasteiger partial charge in [-0.25, -0.2) is 0 Å². The van der Waals surface area contributed by atoms with E-state index in [1.165, 1.54) is 0 Å². The molecule has 0 aromatic heterocycles. The molecular weight excluding hydrogens is 252 g/mol. The molecule has 0 aliphatic rings. The zero-order valence-corrected chi connectivity index (χ0v) is 12.1. The number of hydrogen-bond acceptors (Lipinski definition) is 3. The van der Waals surface area contributed by atoms with E-state index < -0.39 is 0 Å². The molecule has 4 nitrogen and oxygen atoms in total. The third-order valence-electron chi connectivity index (χ3n) is 3.43. The molecule has 20 heavy (non-hydrogen) atoms. The summed E-state index contributed by atoms with van der Waals surface area (Å²) in [6, 6.07) is 7.88. The molecule has 1 atom stereocenters. The number of amides is 1. The van der Waals surface area contributed by atoms with E-state index in [0.29, 0.717) is 12.8 Å². The van der Waals surface area contributed by atoms with Crippen molar-refractivity contribution in [1.29, 1.82) is 0 Å². The Morgan fingerprint density at radius 2 is 2.05 bits per heavy atom. The van der Waals surface area contributed by atoms with Crippen LogP contribution in [0.25, 0.3) is 0 Å². The van der Waals surface area contributed by atoms with E-state index in [1.807, 2.05) is 36.2 Å². The van der Waals surface area contributed by atoms with E-state index in [4.69, 9.17) is 5.73 Å². The van der Waals surface area contributed by atoms with E-state index in [-0.39, 0.29) is 24.0 Å². The highest BCUT2D eigenvalue weighted by Crippen LogP contribution is 2.24. The van der Waals surface area contributed by atoms with Crippen molar-refractivity contribution in [2.24, 2.45) is 11.7 Å². The zero-order chi connectivity index (χ0) is 15.1. The van der Waals surface area contributed by atoms with Crippen molar-refractivity contribution >= 4 is 17.4 Å². The van der Waals surface area contributed by atoms with Gasteiger partial charge in [0.15, 0.2) is 0 Å². The van der Waals surface area contributed by atoms with Crippen LogP contribution in [0.1, 0.15) is 25.3 Å². The summed E-state index contributed by atoms with van der Waals surface area (Å²) in [5.41, 5.74) is 7.25. The summed E-state index contributed by atoms with van der Waals surface area (Å²) in [5, 5.41) is 0. The van der Waals surface area contributed by atoms with Gasteiger partial charge in [-0.05, 0) is 37.6 Å². The maximum absolute atomic E-state index is 11.7. The van der Waals surface area contributed by atoms with E-state index in [1.54, 1.807) is 13.1 Å². The quantitative estimate of drug-likeness (QED) is 0.791. The highest BCUT2D eigenvalue weighted by molar-refractivity contribution is 5.80. The number of benzene rings is 1. The lowest BCUT2D eigenvalue weighted by Crippen LogP contribution is -2.20. The first-order valence-electron chi connectivity index (χ1n) is 6.67. The van der Waals surface area contributed by atoms with Gasteiger partial charge in [-0.15, -0.1) is 0 Å². The number of primary amides is 1. The lowest BCUT2D eigenvalue weighted by Gasteiger charge is -2.20. The van der Waals surface area contributed by atoms with Crippen molar-refractivity contribution in [3.8, 4) is 0 Å². The molecule has 4 heteroatoms. The SMILES string of the molecule is C=CN(C)c1ccccc1CC(CCC(N)=O)C(C)=O. The summed E-state index contributed by atoms with van der Waals surface area (Å²) in [6.45, 7) is 5.31. The third-order valence-corrected chi connectivity index (χ3v) is 3.43. The molecule has 0 aliphatic carbocycles. The summed E-state index contributed by atoms with van der Waals surface area (Å²) in [7, 11) is 1.91. The first-order chi connectivity index (χ1) is 9.45. The Hall–Kier alpha value is -2.10. The molecule has 0 radical (unpaired) electrons. The van der Waals surface area contributed by atoms with E-state index in [2.05, 4.69) is 6.58 Å². The van der Waals surface area contributed by atoms with Gasteiger partial charge in [0.1, 0.15) is 5.78 Å². The van der Waals surface area contributed by atoms with Crippen LogP contribution in [0.3, 0.4) is 0 Å². The summed E-state index contributed by atoms with van der Waals surface area (Å²) >= 11 is 0. The van der Waals surface area contributed by atoms with Gasteiger partial charge < -0.3 is 10.6 Å². The molecule has 1 unspecified atom stereocenters.